The van der Waals surface area contributed by atoms with Crippen LogP contribution in [0.3, 0.4) is 0 Å². The molecule has 0 radical (unpaired) electrons. The number of fused-ring (bicyclic) bond motifs is 1. The maximum atomic E-state index is 13.2. The van der Waals surface area contributed by atoms with E-state index in [1.54, 1.807) is 17.6 Å². The summed E-state index contributed by atoms with van der Waals surface area (Å²) < 4.78 is 6.68. The van der Waals surface area contributed by atoms with Gasteiger partial charge in [0.25, 0.3) is 0 Å². The third-order valence-corrected chi connectivity index (χ3v) is 7.45. The van der Waals surface area contributed by atoms with Crippen molar-refractivity contribution in [2.45, 2.75) is 56.5 Å². The van der Waals surface area contributed by atoms with Crippen LogP contribution >= 0.6 is 11.3 Å². The summed E-state index contributed by atoms with van der Waals surface area (Å²) in [4.78, 5) is 31.9. The Hall–Kier alpha value is -2.67. The van der Waals surface area contributed by atoms with Crippen LogP contribution in [-0.4, -0.2) is 33.8 Å². The van der Waals surface area contributed by atoms with Crippen LogP contribution in [0.2, 0.25) is 0 Å². The molecule has 1 N–H and O–H groups in total. The molecule has 2 unspecified atom stereocenters. The number of amides is 2. The average molecular weight is 424 g/mol. The lowest BCUT2D eigenvalue weighted by Crippen LogP contribution is -2.44. The average Bonchev–Trinajstić information content (AvgIpc) is 3.53. The number of nitrogens with zero attached hydrogens (tertiary/aromatic N) is 2. The molecular weight excluding hydrogens is 398 g/mol. The van der Waals surface area contributed by atoms with Crippen LogP contribution in [0.4, 0.5) is 0 Å². The Morgan fingerprint density at radius 1 is 1.30 bits per heavy atom. The van der Waals surface area contributed by atoms with Gasteiger partial charge in [-0.15, -0.1) is 11.3 Å². The van der Waals surface area contributed by atoms with Gasteiger partial charge in [0.15, 0.2) is 0 Å². The first kappa shape index (κ1) is 19.3. The van der Waals surface area contributed by atoms with Crippen LogP contribution in [0.1, 0.15) is 55.3 Å². The number of nitrogens with one attached hydrogen (secondary N) is 1. The second-order valence-electron chi connectivity index (χ2n) is 8.35. The summed E-state index contributed by atoms with van der Waals surface area (Å²) in [6.07, 6.45) is 6.52. The van der Waals surface area contributed by atoms with Crippen molar-refractivity contribution in [3.8, 4) is 0 Å². The standard InChI is InChI=1S/C23H25N3O3S/c27-20-9-11-23(25-20,15-16-5-4-14-29-16)12-10-21(28)26-13-3-7-18(26)22-24-17-6-1-2-8-19(17)30-22/h1-2,4-6,8,14,18H,3,7,9-13,15H2,(H,25,27). The Balaban J connectivity index is 1.29. The highest BCUT2D eigenvalue weighted by molar-refractivity contribution is 7.18. The molecular formula is C23H25N3O3S. The summed E-state index contributed by atoms with van der Waals surface area (Å²) in [5.74, 6) is 1.05. The summed E-state index contributed by atoms with van der Waals surface area (Å²) in [5, 5.41) is 4.16. The minimum atomic E-state index is -0.393. The van der Waals surface area contributed by atoms with Gasteiger partial charge >= 0.3 is 0 Å². The SMILES string of the molecule is O=C1CCC(CCC(=O)N2CCCC2c2nc3ccccc3s2)(Cc2ccco2)N1. The molecule has 30 heavy (non-hydrogen) atoms. The second-order valence-corrected chi connectivity index (χ2v) is 9.41. The molecule has 0 saturated carbocycles. The van der Waals surface area contributed by atoms with Crippen molar-refractivity contribution in [3.05, 3.63) is 53.4 Å². The van der Waals surface area contributed by atoms with Crippen LogP contribution in [0.5, 0.6) is 0 Å². The minimum Gasteiger partial charge on any atom is -0.469 e. The van der Waals surface area contributed by atoms with Crippen LogP contribution in [-0.2, 0) is 16.0 Å². The number of carbonyl (C=O) groups excluding carboxylic acids is 2. The Bertz CT molecular complexity index is 1030. The predicted molar refractivity (Wildman–Crippen MR) is 115 cm³/mol. The van der Waals surface area contributed by atoms with Crippen molar-refractivity contribution in [2.24, 2.45) is 0 Å². The van der Waals surface area contributed by atoms with Gasteiger partial charge in [0.2, 0.25) is 11.8 Å². The summed E-state index contributed by atoms with van der Waals surface area (Å²) in [7, 11) is 0. The van der Waals surface area contributed by atoms with Crippen molar-refractivity contribution in [2.75, 3.05) is 6.54 Å². The van der Waals surface area contributed by atoms with Crippen molar-refractivity contribution >= 4 is 33.4 Å². The van der Waals surface area contributed by atoms with Crippen molar-refractivity contribution in [3.63, 3.8) is 0 Å². The molecule has 1 aromatic carbocycles. The number of rotatable bonds is 6. The van der Waals surface area contributed by atoms with Crippen molar-refractivity contribution in [1.82, 2.24) is 15.2 Å². The van der Waals surface area contributed by atoms with Gasteiger partial charge in [-0.05, 0) is 49.9 Å². The number of para-hydroxylation sites is 1. The molecule has 156 valence electrons. The molecule has 2 saturated heterocycles. The topological polar surface area (TPSA) is 75.4 Å². The summed E-state index contributed by atoms with van der Waals surface area (Å²) in [5.41, 5.74) is 0.609. The molecule has 6 nitrogen and oxygen atoms in total. The number of hydrogen-bond acceptors (Lipinski definition) is 5. The molecule has 3 aromatic rings. The second kappa shape index (κ2) is 7.87. The molecule has 2 aliphatic rings. The zero-order chi connectivity index (χ0) is 20.6. The Kier molecular flexibility index (Phi) is 5.06. The lowest BCUT2D eigenvalue weighted by molar-refractivity contribution is -0.132. The number of thiazole rings is 1. The maximum Gasteiger partial charge on any atom is 0.223 e. The van der Waals surface area contributed by atoms with Gasteiger partial charge in [0, 0.05) is 31.3 Å². The van der Waals surface area contributed by atoms with Gasteiger partial charge in [-0.25, -0.2) is 4.98 Å². The van der Waals surface area contributed by atoms with Gasteiger partial charge in [0.05, 0.1) is 22.5 Å². The number of benzene rings is 1. The van der Waals surface area contributed by atoms with E-state index in [1.165, 1.54) is 0 Å². The number of hydrogen-bond donors (Lipinski definition) is 1. The van der Waals surface area contributed by atoms with Crippen LogP contribution in [0, 0.1) is 0 Å². The molecule has 0 aliphatic carbocycles. The van der Waals surface area contributed by atoms with E-state index in [9.17, 15) is 9.59 Å². The molecule has 5 rings (SSSR count). The lowest BCUT2D eigenvalue weighted by Gasteiger charge is -2.30. The first-order valence-corrected chi connectivity index (χ1v) is 11.4. The number of aromatic nitrogens is 1. The zero-order valence-corrected chi connectivity index (χ0v) is 17.6. The molecule has 7 heteroatoms. The normalized spacial score (nSPS) is 23.9. The van der Waals surface area contributed by atoms with Gasteiger partial charge in [0.1, 0.15) is 10.8 Å². The third kappa shape index (κ3) is 3.74. The lowest BCUT2D eigenvalue weighted by atomic mass is 9.87. The Labute approximate surface area is 179 Å². The van der Waals surface area contributed by atoms with Gasteiger partial charge in [-0.1, -0.05) is 12.1 Å². The van der Waals surface area contributed by atoms with E-state index in [1.807, 2.05) is 35.2 Å². The van der Waals surface area contributed by atoms with Gasteiger partial charge in [-0.2, -0.15) is 0 Å². The van der Waals surface area contributed by atoms with Crippen LogP contribution in [0.25, 0.3) is 10.2 Å². The van der Waals surface area contributed by atoms with E-state index < -0.39 is 5.54 Å². The minimum absolute atomic E-state index is 0.0579. The zero-order valence-electron chi connectivity index (χ0n) is 16.8. The summed E-state index contributed by atoms with van der Waals surface area (Å²) in [6, 6.07) is 12.0. The molecule has 0 spiro atoms. The first-order chi connectivity index (χ1) is 14.6. The number of furan rings is 1. The van der Waals surface area contributed by atoms with Crippen LogP contribution < -0.4 is 5.32 Å². The molecule has 2 aliphatic heterocycles. The highest BCUT2D eigenvalue weighted by Gasteiger charge is 2.40. The van der Waals surface area contributed by atoms with E-state index in [-0.39, 0.29) is 17.9 Å². The fraction of sp³-hybridized carbons (Fsp3) is 0.435. The van der Waals surface area contributed by atoms with Gasteiger partial charge < -0.3 is 14.6 Å². The third-order valence-electron chi connectivity index (χ3n) is 6.31. The molecule has 2 aromatic heterocycles. The Morgan fingerprint density at radius 3 is 2.97 bits per heavy atom. The molecule has 2 atom stereocenters. The highest BCUT2D eigenvalue weighted by Crippen LogP contribution is 2.37. The quantitative estimate of drug-likeness (QED) is 0.644. The smallest absolute Gasteiger partial charge is 0.223 e. The first-order valence-electron chi connectivity index (χ1n) is 10.6. The van der Waals surface area contributed by atoms with E-state index in [4.69, 9.17) is 9.40 Å². The van der Waals surface area contributed by atoms with E-state index in [2.05, 4.69) is 11.4 Å². The van der Waals surface area contributed by atoms with Crippen molar-refractivity contribution < 1.29 is 14.0 Å². The highest BCUT2D eigenvalue weighted by atomic mass is 32.1. The van der Waals surface area contributed by atoms with E-state index >= 15 is 0 Å². The fourth-order valence-electron chi connectivity index (χ4n) is 4.77. The molecule has 4 heterocycles. The predicted octanol–water partition coefficient (Wildman–Crippen LogP) is 4.22. The van der Waals surface area contributed by atoms with Crippen LogP contribution in [0.15, 0.2) is 47.1 Å². The summed E-state index contributed by atoms with van der Waals surface area (Å²) >= 11 is 1.69. The fourth-order valence-corrected chi connectivity index (χ4v) is 5.89. The van der Waals surface area contributed by atoms with E-state index in [0.717, 1.165) is 46.8 Å². The Morgan fingerprint density at radius 2 is 2.20 bits per heavy atom. The largest absolute Gasteiger partial charge is 0.469 e. The van der Waals surface area contributed by atoms with Gasteiger partial charge in [-0.3, -0.25) is 9.59 Å². The molecule has 2 amide bonds. The van der Waals surface area contributed by atoms with E-state index in [0.29, 0.717) is 25.7 Å². The number of carbonyl (C=O) groups is 2. The summed E-state index contributed by atoms with van der Waals surface area (Å²) in [6.45, 7) is 0.775. The molecule has 0 bridgehead atoms. The van der Waals surface area contributed by atoms with Crippen molar-refractivity contribution in [1.29, 1.82) is 0 Å². The molecule has 2 fully saturated rings. The monoisotopic (exact) mass is 423 g/mol. The number of likely N-dealkylation sites (tertiary alicyclic amines) is 1. The maximum absolute atomic E-state index is 13.2.